The number of aromatic nitrogens is 3. The zero-order valence-corrected chi connectivity index (χ0v) is 14.5. The van der Waals surface area contributed by atoms with Crippen LogP contribution in [0.3, 0.4) is 0 Å². The Morgan fingerprint density at radius 2 is 2.20 bits per heavy atom. The third kappa shape index (κ3) is 3.92. The molecule has 0 amide bonds. The van der Waals surface area contributed by atoms with Gasteiger partial charge in [0, 0.05) is 19.0 Å². The van der Waals surface area contributed by atoms with Crippen molar-refractivity contribution in [2.75, 3.05) is 13.2 Å². The lowest BCUT2D eigenvalue weighted by molar-refractivity contribution is -0.0177. The summed E-state index contributed by atoms with van der Waals surface area (Å²) in [5, 5.41) is 18.0. The summed E-state index contributed by atoms with van der Waals surface area (Å²) >= 11 is 0. The van der Waals surface area contributed by atoms with E-state index in [4.69, 9.17) is 4.74 Å². The van der Waals surface area contributed by atoms with Crippen LogP contribution >= 0.6 is 0 Å². The van der Waals surface area contributed by atoms with Gasteiger partial charge in [0.15, 0.2) is 0 Å². The number of rotatable bonds is 6. The van der Waals surface area contributed by atoms with Gasteiger partial charge in [-0.1, -0.05) is 24.3 Å². The van der Waals surface area contributed by atoms with Gasteiger partial charge in [-0.3, -0.25) is 0 Å². The van der Waals surface area contributed by atoms with E-state index in [1.165, 1.54) is 11.1 Å². The van der Waals surface area contributed by atoms with Crippen LogP contribution in [0.4, 0.5) is 0 Å². The Labute approximate surface area is 148 Å². The Morgan fingerprint density at radius 3 is 3.16 bits per heavy atom. The van der Waals surface area contributed by atoms with Crippen LogP contribution in [0.25, 0.3) is 0 Å². The lowest BCUT2D eigenvalue weighted by Gasteiger charge is -2.28. The van der Waals surface area contributed by atoms with Crippen molar-refractivity contribution in [2.45, 2.75) is 56.9 Å². The molecule has 4 rings (SSSR count). The number of nitrogens with zero attached hydrogens (tertiary/aromatic N) is 3. The van der Waals surface area contributed by atoms with Crippen molar-refractivity contribution in [3.63, 3.8) is 0 Å². The molecule has 2 aliphatic rings. The number of ether oxygens (including phenoxy) is 1. The van der Waals surface area contributed by atoms with Gasteiger partial charge in [-0.15, -0.1) is 0 Å². The lowest BCUT2D eigenvalue weighted by atomic mass is 9.89. The van der Waals surface area contributed by atoms with Gasteiger partial charge in [0.1, 0.15) is 12.2 Å². The first-order valence-corrected chi connectivity index (χ1v) is 9.27. The molecule has 1 aliphatic carbocycles. The van der Waals surface area contributed by atoms with Crippen LogP contribution in [-0.2, 0) is 24.1 Å². The highest BCUT2D eigenvalue weighted by atomic mass is 16.5. The number of aryl methyl sites for hydroxylation is 2. The van der Waals surface area contributed by atoms with Crippen molar-refractivity contribution in [2.24, 2.45) is 0 Å². The number of benzene rings is 1. The molecule has 0 saturated heterocycles. The number of hydrogen-bond acceptors (Lipinski definition) is 5. The predicted octanol–water partition coefficient (Wildman–Crippen LogP) is 1.64. The van der Waals surface area contributed by atoms with E-state index in [-0.39, 0.29) is 6.10 Å². The number of hydrogen-bond donors (Lipinski definition) is 2. The Morgan fingerprint density at radius 1 is 1.28 bits per heavy atom. The molecule has 2 aromatic rings. The summed E-state index contributed by atoms with van der Waals surface area (Å²) in [4.78, 5) is 4.24. The maximum absolute atomic E-state index is 10.3. The quantitative estimate of drug-likeness (QED) is 0.835. The van der Waals surface area contributed by atoms with E-state index in [1.807, 2.05) is 4.68 Å². The van der Waals surface area contributed by atoms with Crippen LogP contribution in [0.1, 0.15) is 42.3 Å². The molecule has 0 radical (unpaired) electrons. The van der Waals surface area contributed by atoms with Gasteiger partial charge in [-0.25, -0.2) is 9.67 Å². The smallest absolute Gasteiger partial charge is 0.138 e. The summed E-state index contributed by atoms with van der Waals surface area (Å²) < 4.78 is 7.98. The molecule has 1 aliphatic heterocycles. The first-order valence-electron chi connectivity index (χ1n) is 9.27. The van der Waals surface area contributed by atoms with Crippen LogP contribution in [-0.4, -0.2) is 45.2 Å². The van der Waals surface area contributed by atoms with Crippen molar-refractivity contribution in [3.8, 4) is 0 Å². The van der Waals surface area contributed by atoms with Gasteiger partial charge >= 0.3 is 0 Å². The topological polar surface area (TPSA) is 72.2 Å². The van der Waals surface area contributed by atoms with E-state index < -0.39 is 6.10 Å². The fourth-order valence-corrected chi connectivity index (χ4v) is 3.88. The van der Waals surface area contributed by atoms with E-state index >= 15 is 0 Å². The van der Waals surface area contributed by atoms with Crippen LogP contribution in [0.15, 0.2) is 30.6 Å². The van der Waals surface area contributed by atoms with E-state index in [0.717, 1.165) is 44.5 Å². The van der Waals surface area contributed by atoms with Crippen LogP contribution < -0.4 is 5.32 Å². The van der Waals surface area contributed by atoms with Gasteiger partial charge in [0.2, 0.25) is 0 Å². The summed E-state index contributed by atoms with van der Waals surface area (Å²) in [5.41, 5.74) is 2.68. The SMILES string of the molecule is OC(CNC1CCc2ncnn2C1)COC1CCCc2ccccc21. The molecule has 0 saturated carbocycles. The average Bonchev–Trinajstić information content (AvgIpc) is 3.12. The lowest BCUT2D eigenvalue weighted by Crippen LogP contribution is -2.42. The summed E-state index contributed by atoms with van der Waals surface area (Å²) in [5.74, 6) is 1.05. The molecule has 0 fully saturated rings. The van der Waals surface area contributed by atoms with Crippen LogP contribution in [0.2, 0.25) is 0 Å². The van der Waals surface area contributed by atoms with E-state index in [0.29, 0.717) is 19.2 Å². The molecular formula is C19H26N4O2. The molecule has 2 heterocycles. The third-order valence-electron chi connectivity index (χ3n) is 5.25. The Kier molecular flexibility index (Phi) is 5.10. The molecule has 1 aromatic carbocycles. The molecular weight excluding hydrogens is 316 g/mol. The highest BCUT2D eigenvalue weighted by Crippen LogP contribution is 2.32. The summed E-state index contributed by atoms with van der Waals surface area (Å²) in [6, 6.07) is 8.83. The summed E-state index contributed by atoms with van der Waals surface area (Å²) in [6.45, 7) is 1.73. The average molecular weight is 342 g/mol. The predicted molar refractivity (Wildman–Crippen MR) is 94.2 cm³/mol. The van der Waals surface area contributed by atoms with E-state index in [9.17, 15) is 5.11 Å². The normalized spacial score (nSPS) is 23.7. The van der Waals surface area contributed by atoms with Gasteiger partial charge in [-0.2, -0.15) is 5.10 Å². The van der Waals surface area contributed by atoms with Crippen LogP contribution in [0.5, 0.6) is 0 Å². The maximum Gasteiger partial charge on any atom is 0.138 e. The molecule has 134 valence electrons. The van der Waals surface area contributed by atoms with Gasteiger partial charge in [0.25, 0.3) is 0 Å². The molecule has 3 atom stereocenters. The summed E-state index contributed by atoms with van der Waals surface area (Å²) in [6.07, 6.45) is 6.52. The molecule has 6 heteroatoms. The Bertz CT molecular complexity index is 702. The van der Waals surface area contributed by atoms with Crippen molar-refractivity contribution < 1.29 is 9.84 Å². The zero-order chi connectivity index (χ0) is 17.1. The highest BCUT2D eigenvalue weighted by Gasteiger charge is 2.23. The number of nitrogens with one attached hydrogen (secondary N) is 1. The van der Waals surface area contributed by atoms with Gasteiger partial charge < -0.3 is 15.2 Å². The molecule has 6 nitrogen and oxygen atoms in total. The maximum atomic E-state index is 10.3. The molecule has 2 N–H and O–H groups in total. The van der Waals surface area contributed by atoms with Crippen LogP contribution in [0, 0.1) is 0 Å². The van der Waals surface area contributed by atoms with Gasteiger partial charge in [0.05, 0.1) is 25.4 Å². The fraction of sp³-hybridized carbons (Fsp3) is 0.579. The second-order valence-electron chi connectivity index (χ2n) is 7.07. The number of aliphatic hydroxyl groups excluding tert-OH is 1. The number of aliphatic hydroxyl groups is 1. The summed E-state index contributed by atoms with van der Waals surface area (Å²) in [7, 11) is 0. The minimum Gasteiger partial charge on any atom is -0.389 e. The second kappa shape index (κ2) is 7.64. The highest BCUT2D eigenvalue weighted by molar-refractivity contribution is 5.31. The minimum atomic E-state index is -0.494. The Balaban J connectivity index is 1.23. The van der Waals surface area contributed by atoms with Crippen molar-refractivity contribution in [1.29, 1.82) is 0 Å². The first-order chi connectivity index (χ1) is 12.3. The van der Waals surface area contributed by atoms with Crippen molar-refractivity contribution in [1.82, 2.24) is 20.1 Å². The number of fused-ring (bicyclic) bond motifs is 2. The Hall–Kier alpha value is -1.76. The largest absolute Gasteiger partial charge is 0.389 e. The van der Waals surface area contributed by atoms with Crippen molar-refractivity contribution >= 4 is 0 Å². The second-order valence-corrected chi connectivity index (χ2v) is 7.07. The monoisotopic (exact) mass is 342 g/mol. The fourth-order valence-electron chi connectivity index (χ4n) is 3.88. The minimum absolute atomic E-state index is 0.118. The zero-order valence-electron chi connectivity index (χ0n) is 14.5. The van der Waals surface area contributed by atoms with Crippen molar-refractivity contribution in [3.05, 3.63) is 47.5 Å². The van der Waals surface area contributed by atoms with E-state index in [2.05, 4.69) is 39.7 Å². The molecule has 0 spiro atoms. The van der Waals surface area contributed by atoms with E-state index in [1.54, 1.807) is 6.33 Å². The molecule has 1 aromatic heterocycles. The first kappa shape index (κ1) is 16.7. The van der Waals surface area contributed by atoms with Gasteiger partial charge in [-0.05, 0) is 36.8 Å². The third-order valence-corrected chi connectivity index (χ3v) is 5.25. The molecule has 0 bridgehead atoms. The standard InChI is InChI=1S/C19H26N4O2/c24-16(10-20-15-8-9-19-21-13-22-23(19)11-15)12-25-18-7-3-5-14-4-1-2-6-17(14)18/h1-2,4,6,13,15-16,18,20,24H,3,5,7-12H2. The molecule has 3 unspecified atom stereocenters. The molecule has 25 heavy (non-hydrogen) atoms.